The van der Waals surface area contributed by atoms with Crippen molar-refractivity contribution in [2.45, 2.75) is 30.8 Å². The maximum absolute atomic E-state index is 12.8. The fourth-order valence-corrected chi connectivity index (χ4v) is 3.44. The smallest absolute Gasteiger partial charge is 0.335 e. The van der Waals surface area contributed by atoms with Crippen molar-refractivity contribution in [2.24, 2.45) is 0 Å². The number of likely N-dealkylation sites (tertiary alicyclic amines) is 1. The van der Waals surface area contributed by atoms with Crippen LogP contribution in [-0.2, 0) is 9.59 Å². The summed E-state index contributed by atoms with van der Waals surface area (Å²) in [6, 6.07) is 19.8. The number of amides is 1. The first-order valence-corrected chi connectivity index (χ1v) is 8.83. The van der Waals surface area contributed by atoms with Crippen LogP contribution >= 0.6 is 0 Å². The number of aliphatic carboxylic acids is 1. The molecule has 5 nitrogen and oxygen atoms in total. The minimum Gasteiger partial charge on any atom is -0.479 e. The van der Waals surface area contributed by atoms with Crippen LogP contribution in [0.4, 0.5) is 0 Å². The van der Waals surface area contributed by atoms with Crippen LogP contribution in [0, 0.1) is 0 Å². The van der Waals surface area contributed by atoms with Gasteiger partial charge in [-0.25, -0.2) is 4.79 Å². The second-order valence-electron chi connectivity index (χ2n) is 6.80. The highest BCUT2D eigenvalue weighted by Gasteiger charge is 2.40. The van der Waals surface area contributed by atoms with Crippen LogP contribution in [0.2, 0.25) is 0 Å². The Morgan fingerprint density at radius 2 is 1.38 bits per heavy atom. The Morgan fingerprint density at radius 3 is 1.81 bits per heavy atom. The molecule has 1 fully saturated rings. The van der Waals surface area contributed by atoms with Crippen molar-refractivity contribution >= 4 is 11.9 Å². The molecule has 1 aliphatic rings. The number of rotatable bonds is 5. The van der Waals surface area contributed by atoms with E-state index in [-0.39, 0.29) is 37.8 Å². The Hall–Kier alpha value is -2.66. The van der Waals surface area contributed by atoms with Crippen molar-refractivity contribution in [1.29, 1.82) is 0 Å². The SMILES string of the molecule is O=C(CC(c1ccccc1)c1ccccc1)N1CCC(O)(C(=O)O)CC1. The standard InChI is InChI=1S/C21H23NO4/c23-19(22-13-11-21(26,12-14-22)20(24)25)15-18(16-7-3-1-4-8-16)17-9-5-2-6-10-17/h1-10,18,26H,11-15H2,(H,24,25). The molecule has 2 aromatic rings. The zero-order valence-corrected chi connectivity index (χ0v) is 14.5. The second-order valence-corrected chi connectivity index (χ2v) is 6.80. The van der Waals surface area contributed by atoms with Crippen LogP contribution in [0.25, 0.3) is 0 Å². The lowest BCUT2D eigenvalue weighted by Gasteiger charge is -2.36. The quantitative estimate of drug-likeness (QED) is 0.866. The van der Waals surface area contributed by atoms with Crippen molar-refractivity contribution in [1.82, 2.24) is 4.90 Å². The average molecular weight is 353 g/mol. The highest BCUT2D eigenvalue weighted by atomic mass is 16.4. The minimum atomic E-state index is -1.71. The maximum Gasteiger partial charge on any atom is 0.335 e. The lowest BCUT2D eigenvalue weighted by Crippen LogP contribution is -2.51. The molecule has 0 aromatic heterocycles. The largest absolute Gasteiger partial charge is 0.479 e. The molecule has 0 spiro atoms. The average Bonchev–Trinajstić information content (AvgIpc) is 2.68. The third kappa shape index (κ3) is 3.94. The normalized spacial score (nSPS) is 16.5. The van der Waals surface area contributed by atoms with Gasteiger partial charge in [0.05, 0.1) is 0 Å². The zero-order chi connectivity index (χ0) is 18.6. The lowest BCUT2D eigenvalue weighted by molar-refractivity contribution is -0.165. The van der Waals surface area contributed by atoms with Gasteiger partial charge in [0.25, 0.3) is 0 Å². The first-order chi connectivity index (χ1) is 12.5. The van der Waals surface area contributed by atoms with Crippen molar-refractivity contribution < 1.29 is 19.8 Å². The molecule has 1 amide bonds. The lowest BCUT2D eigenvalue weighted by atomic mass is 9.87. The summed E-state index contributed by atoms with van der Waals surface area (Å²) in [5.41, 5.74) is 0.437. The number of hydrogen-bond acceptors (Lipinski definition) is 3. The van der Waals surface area contributed by atoms with Gasteiger partial charge in [-0.05, 0) is 11.1 Å². The number of benzene rings is 2. The van der Waals surface area contributed by atoms with Gasteiger partial charge in [0.15, 0.2) is 5.60 Å². The van der Waals surface area contributed by atoms with Crippen LogP contribution in [-0.4, -0.2) is 45.7 Å². The fourth-order valence-electron chi connectivity index (χ4n) is 3.44. The molecule has 0 unspecified atom stereocenters. The van der Waals surface area contributed by atoms with Crippen LogP contribution < -0.4 is 0 Å². The van der Waals surface area contributed by atoms with Gasteiger partial charge in [0.1, 0.15) is 0 Å². The van der Waals surface area contributed by atoms with Crippen LogP contribution in [0.3, 0.4) is 0 Å². The molecule has 3 rings (SSSR count). The van der Waals surface area contributed by atoms with E-state index in [9.17, 15) is 14.7 Å². The summed E-state index contributed by atoms with van der Waals surface area (Å²) in [5, 5.41) is 19.2. The molecule has 0 saturated carbocycles. The molecule has 2 aromatic carbocycles. The van der Waals surface area contributed by atoms with Gasteiger partial charge in [-0.3, -0.25) is 4.79 Å². The fraction of sp³-hybridized carbons (Fsp3) is 0.333. The molecule has 0 bridgehead atoms. The summed E-state index contributed by atoms with van der Waals surface area (Å²) >= 11 is 0. The van der Waals surface area contributed by atoms with E-state index in [1.807, 2.05) is 60.7 Å². The molecule has 2 N–H and O–H groups in total. The van der Waals surface area contributed by atoms with Gasteiger partial charge in [0, 0.05) is 38.3 Å². The maximum atomic E-state index is 12.8. The summed E-state index contributed by atoms with van der Waals surface area (Å²) in [6.07, 6.45) is 0.449. The van der Waals surface area contributed by atoms with Crippen molar-refractivity contribution in [3.63, 3.8) is 0 Å². The van der Waals surface area contributed by atoms with E-state index < -0.39 is 11.6 Å². The summed E-state index contributed by atoms with van der Waals surface area (Å²) in [4.78, 5) is 25.6. The molecule has 136 valence electrons. The Morgan fingerprint density at radius 1 is 0.923 bits per heavy atom. The highest BCUT2D eigenvalue weighted by molar-refractivity contribution is 5.80. The molecule has 0 atom stereocenters. The summed E-state index contributed by atoms with van der Waals surface area (Å²) in [6.45, 7) is 0.524. The molecule has 1 aliphatic heterocycles. The minimum absolute atomic E-state index is 0.0184. The number of aliphatic hydroxyl groups is 1. The van der Waals surface area contributed by atoms with Crippen molar-refractivity contribution in [3.8, 4) is 0 Å². The monoisotopic (exact) mass is 353 g/mol. The van der Waals surface area contributed by atoms with Crippen LogP contribution in [0.15, 0.2) is 60.7 Å². The van der Waals surface area contributed by atoms with Gasteiger partial charge in [0.2, 0.25) is 5.91 Å². The van der Waals surface area contributed by atoms with Crippen LogP contribution in [0.1, 0.15) is 36.3 Å². The van der Waals surface area contributed by atoms with E-state index in [2.05, 4.69) is 0 Å². The molecular weight excluding hydrogens is 330 g/mol. The number of piperidine rings is 1. The molecule has 0 aliphatic carbocycles. The van der Waals surface area contributed by atoms with Gasteiger partial charge in [-0.1, -0.05) is 60.7 Å². The van der Waals surface area contributed by atoms with E-state index in [0.29, 0.717) is 6.42 Å². The highest BCUT2D eigenvalue weighted by Crippen LogP contribution is 2.30. The predicted molar refractivity (Wildman–Crippen MR) is 97.7 cm³/mol. The summed E-state index contributed by atoms with van der Waals surface area (Å²) in [7, 11) is 0. The number of carboxylic acids is 1. The van der Waals surface area contributed by atoms with E-state index in [1.54, 1.807) is 4.90 Å². The van der Waals surface area contributed by atoms with Gasteiger partial charge >= 0.3 is 5.97 Å². The molecular formula is C21H23NO4. The molecule has 1 heterocycles. The van der Waals surface area contributed by atoms with E-state index in [4.69, 9.17) is 5.11 Å². The Balaban J connectivity index is 1.74. The Bertz CT molecular complexity index is 713. The molecule has 1 saturated heterocycles. The molecule has 5 heteroatoms. The number of carbonyl (C=O) groups excluding carboxylic acids is 1. The third-order valence-corrected chi connectivity index (χ3v) is 5.12. The van der Waals surface area contributed by atoms with Crippen LogP contribution in [0.5, 0.6) is 0 Å². The first-order valence-electron chi connectivity index (χ1n) is 8.83. The van der Waals surface area contributed by atoms with E-state index in [1.165, 1.54) is 0 Å². The number of nitrogens with zero attached hydrogens (tertiary/aromatic N) is 1. The first kappa shape index (κ1) is 18.1. The van der Waals surface area contributed by atoms with Gasteiger partial charge in [-0.15, -0.1) is 0 Å². The molecule has 0 radical (unpaired) electrons. The second kappa shape index (κ2) is 7.70. The number of carbonyl (C=O) groups is 2. The molecule has 26 heavy (non-hydrogen) atoms. The third-order valence-electron chi connectivity index (χ3n) is 5.12. The Kier molecular flexibility index (Phi) is 5.38. The van der Waals surface area contributed by atoms with E-state index in [0.717, 1.165) is 11.1 Å². The summed E-state index contributed by atoms with van der Waals surface area (Å²) < 4.78 is 0. The van der Waals surface area contributed by atoms with Gasteiger partial charge < -0.3 is 15.1 Å². The Labute approximate surface area is 152 Å². The number of carboxylic acid groups (broad SMARTS) is 1. The van der Waals surface area contributed by atoms with Gasteiger partial charge in [-0.2, -0.15) is 0 Å². The zero-order valence-electron chi connectivity index (χ0n) is 14.5. The van der Waals surface area contributed by atoms with Crippen molar-refractivity contribution in [3.05, 3.63) is 71.8 Å². The number of hydrogen-bond donors (Lipinski definition) is 2. The predicted octanol–water partition coefficient (Wildman–Crippen LogP) is 2.65. The van der Waals surface area contributed by atoms with E-state index >= 15 is 0 Å². The van der Waals surface area contributed by atoms with Crippen molar-refractivity contribution in [2.75, 3.05) is 13.1 Å². The topological polar surface area (TPSA) is 77.8 Å². The summed E-state index contributed by atoms with van der Waals surface area (Å²) in [5.74, 6) is -1.28.